The maximum absolute atomic E-state index is 13.3. The third-order valence-electron chi connectivity index (χ3n) is 5.88. The summed E-state index contributed by atoms with van der Waals surface area (Å²) in [5.41, 5.74) is 0.804. The van der Waals surface area contributed by atoms with Gasteiger partial charge in [-0.3, -0.25) is 9.59 Å². The number of benzene rings is 2. The summed E-state index contributed by atoms with van der Waals surface area (Å²) in [6, 6.07) is 9.65. The van der Waals surface area contributed by atoms with Crippen LogP contribution in [-0.4, -0.2) is 72.0 Å². The molecule has 2 amide bonds. The maximum atomic E-state index is 13.3. The van der Waals surface area contributed by atoms with Crippen LogP contribution in [0.3, 0.4) is 0 Å². The van der Waals surface area contributed by atoms with Crippen molar-refractivity contribution in [2.75, 3.05) is 26.0 Å². The van der Waals surface area contributed by atoms with Crippen molar-refractivity contribution in [3.63, 3.8) is 0 Å². The average Bonchev–Trinajstić information content (AvgIpc) is 3.22. The molecule has 1 fully saturated rings. The second-order valence-electron chi connectivity index (χ2n) is 8.09. The Balaban J connectivity index is 1.77. The Morgan fingerprint density at radius 3 is 2.58 bits per heavy atom. The lowest BCUT2D eigenvalue weighted by Crippen LogP contribution is -2.52. The summed E-state index contributed by atoms with van der Waals surface area (Å²) >= 11 is 4.11. The second-order valence-corrected chi connectivity index (χ2v) is 8.45. The quantitative estimate of drug-likeness (QED) is 0.399. The molecule has 0 aromatic heterocycles. The van der Waals surface area contributed by atoms with Gasteiger partial charge in [0, 0.05) is 18.7 Å². The van der Waals surface area contributed by atoms with Crippen molar-refractivity contribution in [1.29, 1.82) is 0 Å². The highest BCUT2D eigenvalue weighted by Crippen LogP contribution is 2.29. The Labute approximate surface area is 198 Å². The molecule has 1 aliphatic rings. The lowest BCUT2D eigenvalue weighted by atomic mass is 9.96. The van der Waals surface area contributed by atoms with E-state index in [1.54, 1.807) is 21.0 Å². The van der Waals surface area contributed by atoms with Crippen molar-refractivity contribution in [1.82, 2.24) is 10.2 Å². The van der Waals surface area contributed by atoms with Crippen molar-refractivity contribution < 1.29 is 29.0 Å². The Bertz CT molecular complexity index is 1030. The molecule has 0 saturated carbocycles. The van der Waals surface area contributed by atoms with Crippen molar-refractivity contribution in [2.24, 2.45) is 0 Å². The summed E-state index contributed by atoms with van der Waals surface area (Å²) in [5, 5.41) is 14.8. The number of aliphatic hydroxyl groups excluding tert-OH is 1. The molecule has 1 heterocycles. The maximum Gasteiger partial charge on any atom is 0.329 e. The number of hydrogen-bond acceptors (Lipinski definition) is 7. The third kappa shape index (κ3) is 5.59. The highest BCUT2D eigenvalue weighted by Gasteiger charge is 2.41. The standard InChI is InChI=1S/C24H30N2O6S/c1-4-32-24(30)20(13-33)25-22(28)21-11-18(27)12-26(21)23(29)14(2)15-5-6-17-10-19(31-3)8-7-16(17)9-15/h5-10,14,18,20-21,27,33H,4,11-13H2,1-3H3,(H,25,28). The van der Waals surface area contributed by atoms with Crippen LogP contribution in [0.4, 0.5) is 0 Å². The molecule has 0 bridgehead atoms. The molecule has 4 atom stereocenters. The van der Waals surface area contributed by atoms with Gasteiger partial charge in [-0.2, -0.15) is 12.6 Å². The minimum absolute atomic E-state index is 0.0526. The molecule has 3 rings (SSSR count). The van der Waals surface area contributed by atoms with E-state index in [0.29, 0.717) is 0 Å². The molecule has 2 aromatic rings. The topological polar surface area (TPSA) is 105 Å². The zero-order valence-electron chi connectivity index (χ0n) is 19.0. The van der Waals surface area contributed by atoms with E-state index in [9.17, 15) is 19.5 Å². The second kappa shape index (κ2) is 10.9. The van der Waals surface area contributed by atoms with Crippen LogP contribution in [-0.2, 0) is 19.1 Å². The molecule has 8 nitrogen and oxygen atoms in total. The Hall–Kier alpha value is -2.78. The first-order chi connectivity index (χ1) is 15.8. The SMILES string of the molecule is CCOC(=O)C(CS)NC(=O)C1CC(O)CN1C(=O)C(C)c1ccc2cc(OC)ccc2c1. The van der Waals surface area contributed by atoms with Gasteiger partial charge in [-0.05, 0) is 42.3 Å². The lowest BCUT2D eigenvalue weighted by molar-refractivity contribution is -0.147. The fourth-order valence-corrected chi connectivity index (χ4v) is 4.27. The number of likely N-dealkylation sites (tertiary alicyclic amines) is 1. The van der Waals surface area contributed by atoms with Gasteiger partial charge in [0.25, 0.3) is 0 Å². The largest absolute Gasteiger partial charge is 0.497 e. The Morgan fingerprint density at radius 2 is 1.91 bits per heavy atom. The number of carbonyl (C=O) groups excluding carboxylic acids is 3. The van der Waals surface area contributed by atoms with E-state index in [2.05, 4.69) is 17.9 Å². The molecule has 178 valence electrons. The van der Waals surface area contributed by atoms with Gasteiger partial charge in [0.2, 0.25) is 11.8 Å². The van der Waals surface area contributed by atoms with Crippen LogP contribution in [0.15, 0.2) is 36.4 Å². The van der Waals surface area contributed by atoms with Crippen molar-refractivity contribution in [3.8, 4) is 5.75 Å². The number of β-amino-alcohol motifs (C(OH)–C–C–N with tert-alkyl or cyclic N) is 1. The van der Waals surface area contributed by atoms with Crippen molar-refractivity contribution in [2.45, 2.75) is 44.4 Å². The predicted octanol–water partition coefficient (Wildman–Crippen LogP) is 1.89. The van der Waals surface area contributed by atoms with E-state index in [1.807, 2.05) is 36.4 Å². The van der Waals surface area contributed by atoms with Gasteiger partial charge in [-0.1, -0.05) is 24.3 Å². The number of methoxy groups -OCH3 is 1. The van der Waals surface area contributed by atoms with Gasteiger partial charge < -0.3 is 24.8 Å². The molecular weight excluding hydrogens is 444 g/mol. The molecule has 0 radical (unpaired) electrons. The number of nitrogens with zero attached hydrogens (tertiary/aromatic N) is 1. The molecule has 0 aliphatic carbocycles. The summed E-state index contributed by atoms with van der Waals surface area (Å²) in [7, 11) is 1.61. The highest BCUT2D eigenvalue weighted by atomic mass is 32.1. The minimum atomic E-state index is -0.926. The number of carbonyl (C=O) groups is 3. The van der Waals surface area contributed by atoms with Crippen molar-refractivity contribution >= 4 is 41.2 Å². The van der Waals surface area contributed by atoms with E-state index >= 15 is 0 Å². The minimum Gasteiger partial charge on any atom is -0.497 e. The molecule has 0 spiro atoms. The number of nitrogens with one attached hydrogen (secondary N) is 1. The fraction of sp³-hybridized carbons (Fsp3) is 0.458. The number of amides is 2. The number of ether oxygens (including phenoxy) is 2. The van der Waals surface area contributed by atoms with Gasteiger partial charge >= 0.3 is 5.97 Å². The van der Waals surface area contributed by atoms with Gasteiger partial charge in [-0.25, -0.2) is 4.79 Å². The zero-order chi connectivity index (χ0) is 24.1. The molecule has 2 N–H and O–H groups in total. The molecular formula is C24H30N2O6S. The molecule has 4 unspecified atom stereocenters. The number of hydrogen-bond donors (Lipinski definition) is 3. The van der Waals surface area contributed by atoms with Gasteiger partial charge in [0.05, 0.1) is 25.7 Å². The summed E-state index contributed by atoms with van der Waals surface area (Å²) in [5.74, 6) is -1.07. The van der Waals surface area contributed by atoms with E-state index in [1.165, 1.54) is 4.90 Å². The summed E-state index contributed by atoms with van der Waals surface area (Å²) in [6.07, 6.45) is -0.720. The summed E-state index contributed by atoms with van der Waals surface area (Å²) in [6.45, 7) is 3.69. The average molecular weight is 475 g/mol. The van der Waals surface area contributed by atoms with Gasteiger partial charge in [-0.15, -0.1) is 0 Å². The van der Waals surface area contributed by atoms with E-state index in [0.717, 1.165) is 22.1 Å². The smallest absolute Gasteiger partial charge is 0.329 e. The van der Waals surface area contributed by atoms with Crippen molar-refractivity contribution in [3.05, 3.63) is 42.0 Å². The number of rotatable bonds is 8. The number of aliphatic hydroxyl groups is 1. The predicted molar refractivity (Wildman–Crippen MR) is 127 cm³/mol. The van der Waals surface area contributed by atoms with Crippen LogP contribution in [0.2, 0.25) is 0 Å². The zero-order valence-corrected chi connectivity index (χ0v) is 19.9. The van der Waals surface area contributed by atoms with Crippen LogP contribution in [0.1, 0.15) is 31.7 Å². The van der Waals surface area contributed by atoms with Crippen LogP contribution in [0, 0.1) is 0 Å². The summed E-state index contributed by atoms with van der Waals surface area (Å²) < 4.78 is 10.2. The van der Waals surface area contributed by atoms with Crippen LogP contribution < -0.4 is 10.1 Å². The van der Waals surface area contributed by atoms with Gasteiger partial charge in [0.15, 0.2) is 0 Å². The molecule has 33 heavy (non-hydrogen) atoms. The van der Waals surface area contributed by atoms with Crippen LogP contribution in [0.25, 0.3) is 10.8 Å². The van der Waals surface area contributed by atoms with Gasteiger partial charge in [0.1, 0.15) is 17.8 Å². The fourth-order valence-electron chi connectivity index (χ4n) is 4.03. The van der Waals surface area contributed by atoms with Crippen LogP contribution in [0.5, 0.6) is 5.75 Å². The number of fused-ring (bicyclic) bond motifs is 1. The normalized spacial score (nSPS) is 19.7. The number of esters is 1. The monoisotopic (exact) mass is 474 g/mol. The first-order valence-corrected chi connectivity index (χ1v) is 11.6. The molecule has 1 aliphatic heterocycles. The van der Waals surface area contributed by atoms with E-state index in [4.69, 9.17) is 9.47 Å². The molecule has 9 heteroatoms. The third-order valence-corrected chi connectivity index (χ3v) is 6.24. The molecule has 2 aromatic carbocycles. The van der Waals surface area contributed by atoms with E-state index in [-0.39, 0.29) is 31.2 Å². The first kappa shape index (κ1) is 24.9. The Kier molecular flexibility index (Phi) is 8.20. The molecule has 1 saturated heterocycles. The highest BCUT2D eigenvalue weighted by molar-refractivity contribution is 7.80. The van der Waals surface area contributed by atoms with E-state index < -0.39 is 36.0 Å². The Morgan fingerprint density at radius 1 is 1.21 bits per heavy atom. The first-order valence-electron chi connectivity index (χ1n) is 10.9. The van der Waals surface area contributed by atoms with Crippen LogP contribution >= 0.6 is 12.6 Å². The summed E-state index contributed by atoms with van der Waals surface area (Å²) in [4.78, 5) is 39.7. The number of thiol groups is 1. The lowest BCUT2D eigenvalue weighted by Gasteiger charge is -2.28.